The molecule has 0 saturated carbocycles. The molecule has 0 unspecified atom stereocenters. The van der Waals surface area contributed by atoms with Crippen LogP contribution < -0.4 is 5.32 Å². The summed E-state index contributed by atoms with van der Waals surface area (Å²) in [6.45, 7) is 3.28. The third-order valence-corrected chi connectivity index (χ3v) is 3.42. The first-order chi connectivity index (χ1) is 8.97. The Balaban J connectivity index is 2.31. The maximum Gasteiger partial charge on any atom is 0.365 e. The van der Waals surface area contributed by atoms with Crippen LogP contribution in [0.15, 0.2) is 24.3 Å². The summed E-state index contributed by atoms with van der Waals surface area (Å²) in [6.07, 6.45) is 0. The normalized spacial score (nSPS) is 10.2. The van der Waals surface area contributed by atoms with Gasteiger partial charge in [-0.05, 0) is 19.1 Å². The van der Waals surface area contributed by atoms with Crippen molar-refractivity contribution >= 4 is 28.9 Å². The molecule has 6 heteroatoms. The van der Waals surface area contributed by atoms with Crippen LogP contribution in [0.25, 0.3) is 11.3 Å². The van der Waals surface area contributed by atoms with Gasteiger partial charge in [-0.2, -0.15) is 0 Å². The zero-order valence-corrected chi connectivity index (χ0v) is 11.2. The quantitative estimate of drug-likeness (QED) is 0.903. The fourth-order valence-electron chi connectivity index (χ4n) is 1.67. The van der Waals surface area contributed by atoms with Gasteiger partial charge in [0.15, 0.2) is 0 Å². The lowest BCUT2D eigenvalue weighted by Crippen LogP contribution is -2.05. The molecule has 0 aliphatic rings. The number of amides is 1. The molecule has 1 aromatic heterocycles. The van der Waals surface area contributed by atoms with Crippen molar-refractivity contribution in [2.24, 2.45) is 0 Å². The highest BCUT2D eigenvalue weighted by Crippen LogP contribution is 2.28. The minimum Gasteiger partial charge on any atom is -0.476 e. The summed E-state index contributed by atoms with van der Waals surface area (Å²) in [5.74, 6) is -1.15. The summed E-state index contributed by atoms with van der Waals surface area (Å²) in [5.41, 5.74) is 2.19. The van der Waals surface area contributed by atoms with Crippen LogP contribution in [-0.4, -0.2) is 22.0 Å². The molecular formula is C13H12N2O3S. The van der Waals surface area contributed by atoms with Crippen LogP contribution >= 0.6 is 11.3 Å². The average Bonchev–Trinajstić information content (AvgIpc) is 2.72. The van der Waals surface area contributed by atoms with Crippen LogP contribution in [0.4, 0.5) is 5.69 Å². The van der Waals surface area contributed by atoms with Crippen LogP contribution in [0.3, 0.4) is 0 Å². The van der Waals surface area contributed by atoms with Gasteiger partial charge in [-0.3, -0.25) is 4.79 Å². The molecule has 19 heavy (non-hydrogen) atoms. The standard InChI is InChI=1S/C13H12N2O3S/c1-7-11(15-12(19-7)13(17)18)9-3-5-10(6-4-9)14-8(2)16/h3-6H,1-2H3,(H,14,16)(H,17,18). The molecule has 0 radical (unpaired) electrons. The summed E-state index contributed by atoms with van der Waals surface area (Å²) in [6, 6.07) is 7.13. The molecule has 0 bridgehead atoms. The SMILES string of the molecule is CC(=O)Nc1ccc(-c2nc(C(=O)O)sc2C)cc1. The number of carbonyl (C=O) groups excluding carboxylic acids is 1. The smallest absolute Gasteiger partial charge is 0.365 e. The van der Waals surface area contributed by atoms with Crippen LogP contribution in [0.2, 0.25) is 0 Å². The van der Waals surface area contributed by atoms with Crippen molar-refractivity contribution in [1.82, 2.24) is 4.98 Å². The third kappa shape index (κ3) is 2.97. The number of hydrogen-bond acceptors (Lipinski definition) is 4. The van der Waals surface area contributed by atoms with Gasteiger partial charge in [0, 0.05) is 23.1 Å². The Morgan fingerprint density at radius 2 is 1.89 bits per heavy atom. The minimum atomic E-state index is -1.02. The number of carbonyl (C=O) groups is 2. The number of aromatic carboxylic acids is 1. The molecule has 1 heterocycles. The fourth-order valence-corrected chi connectivity index (χ4v) is 2.44. The second-order valence-electron chi connectivity index (χ2n) is 3.99. The molecule has 2 aromatic rings. The molecule has 2 N–H and O–H groups in total. The maximum absolute atomic E-state index is 10.9. The van der Waals surface area contributed by atoms with Crippen LogP contribution in [0.1, 0.15) is 21.6 Å². The second kappa shape index (κ2) is 5.19. The van der Waals surface area contributed by atoms with Gasteiger partial charge in [0.05, 0.1) is 5.69 Å². The number of aryl methyl sites for hydroxylation is 1. The number of anilines is 1. The monoisotopic (exact) mass is 276 g/mol. The Morgan fingerprint density at radius 1 is 1.26 bits per heavy atom. The Labute approximate surface area is 113 Å². The van der Waals surface area contributed by atoms with Crippen molar-refractivity contribution in [1.29, 1.82) is 0 Å². The van der Waals surface area contributed by atoms with Crippen LogP contribution in [0, 0.1) is 6.92 Å². The van der Waals surface area contributed by atoms with Crippen molar-refractivity contribution < 1.29 is 14.7 Å². The average molecular weight is 276 g/mol. The van der Waals surface area contributed by atoms with Crippen molar-refractivity contribution in [3.8, 4) is 11.3 Å². The molecule has 5 nitrogen and oxygen atoms in total. The molecule has 98 valence electrons. The molecule has 0 atom stereocenters. The van der Waals surface area contributed by atoms with Gasteiger partial charge in [0.1, 0.15) is 0 Å². The van der Waals surface area contributed by atoms with E-state index in [0.717, 1.165) is 21.8 Å². The number of carboxylic acid groups (broad SMARTS) is 1. The largest absolute Gasteiger partial charge is 0.476 e. The Kier molecular flexibility index (Phi) is 3.62. The van der Waals surface area contributed by atoms with Crippen LogP contribution in [-0.2, 0) is 4.79 Å². The molecule has 1 amide bonds. The summed E-state index contributed by atoms with van der Waals surface area (Å²) >= 11 is 1.15. The first kappa shape index (κ1) is 13.2. The summed E-state index contributed by atoms with van der Waals surface area (Å²) in [5, 5.41) is 11.7. The van der Waals surface area contributed by atoms with E-state index in [1.807, 2.05) is 6.92 Å². The first-order valence-electron chi connectivity index (χ1n) is 5.56. The van der Waals surface area contributed by atoms with E-state index >= 15 is 0 Å². The van der Waals surface area contributed by atoms with Gasteiger partial charge in [0.25, 0.3) is 0 Å². The predicted molar refractivity (Wildman–Crippen MR) is 73.6 cm³/mol. The van der Waals surface area contributed by atoms with E-state index in [1.54, 1.807) is 24.3 Å². The highest BCUT2D eigenvalue weighted by molar-refractivity contribution is 7.13. The van der Waals surface area contributed by atoms with E-state index in [0.29, 0.717) is 11.4 Å². The molecular weight excluding hydrogens is 264 g/mol. The summed E-state index contributed by atoms with van der Waals surface area (Å²) in [7, 11) is 0. The number of rotatable bonds is 3. The summed E-state index contributed by atoms with van der Waals surface area (Å²) in [4.78, 5) is 26.7. The van der Waals surface area contributed by atoms with Gasteiger partial charge < -0.3 is 10.4 Å². The maximum atomic E-state index is 10.9. The van der Waals surface area contributed by atoms with Gasteiger partial charge in [-0.1, -0.05) is 12.1 Å². The Bertz CT molecular complexity index is 632. The van der Waals surface area contributed by atoms with Gasteiger partial charge in [-0.25, -0.2) is 9.78 Å². The highest BCUT2D eigenvalue weighted by Gasteiger charge is 2.14. The van der Waals surface area contributed by atoms with Gasteiger partial charge in [-0.15, -0.1) is 11.3 Å². The van der Waals surface area contributed by atoms with Gasteiger partial charge >= 0.3 is 5.97 Å². The molecule has 0 saturated heterocycles. The third-order valence-electron chi connectivity index (χ3n) is 2.46. The Morgan fingerprint density at radius 3 is 2.37 bits per heavy atom. The molecule has 1 aromatic carbocycles. The lowest BCUT2D eigenvalue weighted by Gasteiger charge is -2.03. The minimum absolute atomic E-state index is 0.0819. The van der Waals surface area contributed by atoms with Crippen molar-refractivity contribution in [2.75, 3.05) is 5.32 Å². The molecule has 0 spiro atoms. The van der Waals surface area contributed by atoms with Gasteiger partial charge in [0.2, 0.25) is 10.9 Å². The molecule has 0 fully saturated rings. The van der Waals surface area contributed by atoms with Crippen molar-refractivity contribution in [3.63, 3.8) is 0 Å². The zero-order chi connectivity index (χ0) is 14.0. The highest BCUT2D eigenvalue weighted by atomic mass is 32.1. The molecule has 0 aliphatic carbocycles. The zero-order valence-electron chi connectivity index (χ0n) is 10.4. The summed E-state index contributed by atoms with van der Waals surface area (Å²) < 4.78 is 0. The number of hydrogen-bond donors (Lipinski definition) is 2. The number of carboxylic acids is 1. The Hall–Kier alpha value is -2.21. The molecule has 2 rings (SSSR count). The fraction of sp³-hybridized carbons (Fsp3) is 0.154. The number of thiazole rings is 1. The topological polar surface area (TPSA) is 79.3 Å². The van der Waals surface area contributed by atoms with E-state index in [4.69, 9.17) is 5.11 Å². The second-order valence-corrected chi connectivity index (χ2v) is 5.19. The van der Waals surface area contributed by atoms with E-state index in [9.17, 15) is 9.59 Å². The van der Waals surface area contributed by atoms with Crippen molar-refractivity contribution in [2.45, 2.75) is 13.8 Å². The number of nitrogens with zero attached hydrogens (tertiary/aromatic N) is 1. The van der Waals surface area contributed by atoms with E-state index in [-0.39, 0.29) is 10.9 Å². The number of benzene rings is 1. The van der Waals surface area contributed by atoms with Crippen molar-refractivity contribution in [3.05, 3.63) is 34.2 Å². The lowest BCUT2D eigenvalue weighted by atomic mass is 10.1. The number of nitrogens with one attached hydrogen (secondary N) is 1. The lowest BCUT2D eigenvalue weighted by molar-refractivity contribution is -0.114. The van der Waals surface area contributed by atoms with E-state index < -0.39 is 5.97 Å². The number of aromatic nitrogens is 1. The van der Waals surface area contributed by atoms with E-state index in [2.05, 4.69) is 10.3 Å². The first-order valence-corrected chi connectivity index (χ1v) is 6.38. The predicted octanol–water partition coefficient (Wildman–Crippen LogP) is 2.78. The molecule has 0 aliphatic heterocycles. The van der Waals surface area contributed by atoms with E-state index in [1.165, 1.54) is 6.92 Å². The van der Waals surface area contributed by atoms with Crippen LogP contribution in [0.5, 0.6) is 0 Å².